The summed E-state index contributed by atoms with van der Waals surface area (Å²) in [5, 5.41) is 13.5. The topological polar surface area (TPSA) is 59.2 Å². The van der Waals surface area contributed by atoms with E-state index in [1.54, 1.807) is 18.2 Å². The molecule has 94 valence electrons. The van der Waals surface area contributed by atoms with E-state index in [9.17, 15) is 5.11 Å². The van der Waals surface area contributed by atoms with E-state index in [0.29, 0.717) is 11.7 Å². The number of phenolic OH excluding ortho intramolecular Hbond substituents is 1. The van der Waals surface area contributed by atoms with Gasteiger partial charge in [-0.25, -0.2) is 0 Å². The Kier molecular flexibility index (Phi) is 2.78. The van der Waals surface area contributed by atoms with Crippen molar-refractivity contribution in [2.45, 2.75) is 24.5 Å². The van der Waals surface area contributed by atoms with Gasteiger partial charge in [-0.1, -0.05) is 17.3 Å². The molecule has 4 nitrogen and oxygen atoms in total. The molecule has 1 aliphatic heterocycles. The third-order valence-corrected chi connectivity index (χ3v) is 4.71. The Balaban J connectivity index is 1.94. The van der Waals surface area contributed by atoms with Crippen LogP contribution in [-0.4, -0.2) is 21.0 Å². The third kappa shape index (κ3) is 1.99. The van der Waals surface area contributed by atoms with Crippen LogP contribution in [0.5, 0.6) is 5.75 Å². The molecule has 2 heterocycles. The molecule has 1 N–H and O–H groups in total. The second kappa shape index (κ2) is 4.31. The number of hydrogen-bond acceptors (Lipinski definition) is 5. The molecule has 2 aromatic rings. The van der Waals surface area contributed by atoms with Crippen molar-refractivity contribution in [2.24, 2.45) is 0 Å². The average Bonchev–Trinajstić information content (AvgIpc) is 2.98. The molecule has 1 aromatic heterocycles. The Morgan fingerprint density at radius 1 is 1.44 bits per heavy atom. The fourth-order valence-corrected chi connectivity index (χ4v) is 3.38. The summed E-state index contributed by atoms with van der Waals surface area (Å²) in [6.45, 7) is 2.14. The molecule has 1 unspecified atom stereocenters. The lowest BCUT2D eigenvalue weighted by Crippen LogP contribution is -2.12. The Hall–Kier alpha value is -1.49. The first kappa shape index (κ1) is 11.6. The molecule has 0 aliphatic carbocycles. The van der Waals surface area contributed by atoms with Crippen molar-refractivity contribution in [2.75, 3.05) is 5.75 Å². The fraction of sp³-hybridized carbons (Fsp3) is 0.385. The summed E-state index contributed by atoms with van der Waals surface area (Å²) < 4.78 is 5.33. The van der Waals surface area contributed by atoms with Gasteiger partial charge in [0.1, 0.15) is 5.75 Å². The van der Waals surface area contributed by atoms with Crippen molar-refractivity contribution in [3.05, 3.63) is 30.2 Å². The summed E-state index contributed by atoms with van der Waals surface area (Å²) in [4.78, 5) is 4.47. The van der Waals surface area contributed by atoms with E-state index >= 15 is 0 Å². The predicted molar refractivity (Wildman–Crippen MR) is 70.4 cm³/mol. The molecule has 0 saturated carbocycles. The van der Waals surface area contributed by atoms with Crippen molar-refractivity contribution in [1.82, 2.24) is 10.1 Å². The molecule has 18 heavy (non-hydrogen) atoms. The van der Waals surface area contributed by atoms with Gasteiger partial charge in [-0.05, 0) is 37.7 Å². The highest BCUT2D eigenvalue weighted by Crippen LogP contribution is 2.45. The summed E-state index contributed by atoms with van der Waals surface area (Å²) in [6, 6.07) is 6.89. The van der Waals surface area contributed by atoms with Gasteiger partial charge >= 0.3 is 0 Å². The second-order valence-electron chi connectivity index (χ2n) is 4.66. The van der Waals surface area contributed by atoms with Crippen LogP contribution in [0, 0.1) is 0 Å². The maximum atomic E-state index is 9.45. The van der Waals surface area contributed by atoms with Gasteiger partial charge in [0, 0.05) is 5.56 Å². The first-order valence-corrected chi connectivity index (χ1v) is 6.93. The van der Waals surface area contributed by atoms with Crippen molar-refractivity contribution in [3.63, 3.8) is 0 Å². The van der Waals surface area contributed by atoms with Gasteiger partial charge in [-0.3, -0.25) is 0 Å². The lowest BCUT2D eigenvalue weighted by molar-refractivity contribution is 0.343. The summed E-state index contributed by atoms with van der Waals surface area (Å²) in [6.07, 6.45) is 2.25. The van der Waals surface area contributed by atoms with Gasteiger partial charge < -0.3 is 9.63 Å². The molecule has 0 bridgehead atoms. The number of rotatable bonds is 2. The minimum absolute atomic E-state index is 0.0535. The van der Waals surface area contributed by atoms with Crippen molar-refractivity contribution in [3.8, 4) is 17.1 Å². The van der Waals surface area contributed by atoms with Crippen LogP contribution < -0.4 is 0 Å². The molecule has 5 heteroatoms. The Morgan fingerprint density at radius 2 is 2.33 bits per heavy atom. The number of benzene rings is 1. The van der Waals surface area contributed by atoms with E-state index in [2.05, 4.69) is 17.1 Å². The normalized spacial score (nSPS) is 23.4. The highest BCUT2D eigenvalue weighted by atomic mass is 32.2. The van der Waals surface area contributed by atoms with E-state index in [4.69, 9.17) is 4.52 Å². The number of aromatic nitrogens is 2. The van der Waals surface area contributed by atoms with E-state index < -0.39 is 0 Å². The number of hydrogen-bond donors (Lipinski definition) is 1. The minimum Gasteiger partial charge on any atom is -0.508 e. The zero-order valence-corrected chi connectivity index (χ0v) is 10.9. The number of thioether (sulfide) groups is 1. The summed E-state index contributed by atoms with van der Waals surface area (Å²) in [7, 11) is 0. The van der Waals surface area contributed by atoms with Gasteiger partial charge in [0.25, 0.3) is 0 Å². The Labute approximate surface area is 109 Å². The second-order valence-corrected chi connectivity index (χ2v) is 6.25. The zero-order valence-electron chi connectivity index (χ0n) is 10.1. The van der Waals surface area contributed by atoms with Crippen LogP contribution >= 0.6 is 11.8 Å². The van der Waals surface area contributed by atoms with Gasteiger partial charge in [0.05, 0.1) is 4.75 Å². The van der Waals surface area contributed by atoms with E-state index in [-0.39, 0.29) is 10.5 Å². The largest absolute Gasteiger partial charge is 0.508 e. The quantitative estimate of drug-likeness (QED) is 0.900. The molecule has 1 saturated heterocycles. The van der Waals surface area contributed by atoms with Crippen molar-refractivity contribution in [1.29, 1.82) is 0 Å². The maximum absolute atomic E-state index is 9.45. The molecule has 1 aromatic carbocycles. The molecule has 1 aliphatic rings. The molecular weight excluding hydrogens is 248 g/mol. The van der Waals surface area contributed by atoms with E-state index in [1.807, 2.05) is 17.8 Å². The van der Waals surface area contributed by atoms with Gasteiger partial charge in [0.2, 0.25) is 11.7 Å². The standard InChI is InChI=1S/C13H14N2O2S/c1-13(6-3-7-18-13)12-14-11(15-17-12)9-4-2-5-10(16)8-9/h2,4-5,8,16H,3,6-7H2,1H3. The Morgan fingerprint density at radius 3 is 3.06 bits per heavy atom. The highest BCUT2D eigenvalue weighted by Gasteiger charge is 2.37. The summed E-state index contributed by atoms with van der Waals surface area (Å²) >= 11 is 1.86. The van der Waals surface area contributed by atoms with E-state index in [0.717, 1.165) is 17.7 Å². The van der Waals surface area contributed by atoms with Crippen LogP contribution in [0.3, 0.4) is 0 Å². The maximum Gasteiger partial charge on any atom is 0.242 e. The van der Waals surface area contributed by atoms with Crippen molar-refractivity contribution < 1.29 is 9.63 Å². The number of aromatic hydroxyl groups is 1. The molecule has 1 atom stereocenters. The van der Waals surface area contributed by atoms with Gasteiger partial charge in [-0.2, -0.15) is 4.98 Å². The van der Waals surface area contributed by atoms with Crippen molar-refractivity contribution >= 4 is 11.8 Å². The van der Waals surface area contributed by atoms with Gasteiger partial charge in [0.15, 0.2) is 0 Å². The highest BCUT2D eigenvalue weighted by molar-refractivity contribution is 8.00. The van der Waals surface area contributed by atoms with Gasteiger partial charge in [-0.15, -0.1) is 11.8 Å². The van der Waals surface area contributed by atoms with Crippen LogP contribution in [0.4, 0.5) is 0 Å². The first-order chi connectivity index (χ1) is 8.67. The molecular formula is C13H14N2O2S. The lowest BCUT2D eigenvalue weighted by atomic mass is 10.1. The van der Waals surface area contributed by atoms with Crippen LogP contribution in [0.25, 0.3) is 11.4 Å². The monoisotopic (exact) mass is 262 g/mol. The van der Waals surface area contributed by atoms with Crippen LogP contribution in [-0.2, 0) is 4.75 Å². The van der Waals surface area contributed by atoms with E-state index in [1.165, 1.54) is 6.42 Å². The Bertz CT molecular complexity index is 562. The smallest absolute Gasteiger partial charge is 0.242 e. The van der Waals surface area contributed by atoms with Crippen LogP contribution in [0.1, 0.15) is 25.7 Å². The van der Waals surface area contributed by atoms with Crippen LogP contribution in [0.15, 0.2) is 28.8 Å². The molecule has 0 spiro atoms. The predicted octanol–water partition coefficient (Wildman–Crippen LogP) is 3.18. The van der Waals surface area contributed by atoms with Crippen LogP contribution in [0.2, 0.25) is 0 Å². The summed E-state index contributed by atoms with van der Waals surface area (Å²) in [5.41, 5.74) is 0.775. The molecule has 0 amide bonds. The molecule has 1 fully saturated rings. The first-order valence-electron chi connectivity index (χ1n) is 5.95. The fourth-order valence-electron chi connectivity index (χ4n) is 2.15. The number of phenols is 1. The SMILES string of the molecule is CC1(c2nc(-c3cccc(O)c3)no2)CCCS1. The summed E-state index contributed by atoms with van der Waals surface area (Å²) in [5.74, 6) is 2.57. The third-order valence-electron chi connectivity index (χ3n) is 3.20. The molecule has 0 radical (unpaired) electrons. The average molecular weight is 262 g/mol. The minimum atomic E-state index is -0.0535. The number of nitrogens with zero attached hydrogens (tertiary/aromatic N) is 2. The molecule has 3 rings (SSSR count). The lowest BCUT2D eigenvalue weighted by Gasteiger charge is -2.16. The zero-order chi connectivity index (χ0) is 12.6.